The predicted octanol–water partition coefficient (Wildman–Crippen LogP) is 6.99. The summed E-state index contributed by atoms with van der Waals surface area (Å²) >= 11 is 4.64. The first-order chi connectivity index (χ1) is 12.8. The highest BCUT2D eigenvalue weighted by atomic mass is 32.1. The van der Waals surface area contributed by atoms with Gasteiger partial charge in [0.25, 0.3) is 0 Å². The Balaban J connectivity index is 1.83. The third-order valence-electron chi connectivity index (χ3n) is 5.51. The van der Waals surface area contributed by atoms with Crippen molar-refractivity contribution in [3.8, 4) is 23.0 Å². The van der Waals surface area contributed by atoms with Crippen LogP contribution in [-0.4, -0.2) is 5.16 Å². The third kappa shape index (κ3) is 3.58. The maximum absolute atomic E-state index is 4.64. The SMILES string of the molecule is C=C(C)C1=CC(C)(C)[C@]1(C)C#Cc1ccc(-c2ccc(N=C=S)cc2)cc1. The van der Waals surface area contributed by atoms with Gasteiger partial charge in [0.05, 0.1) is 16.3 Å². The summed E-state index contributed by atoms with van der Waals surface area (Å²) in [6, 6.07) is 16.3. The molecule has 2 aromatic rings. The lowest BCUT2D eigenvalue weighted by Crippen LogP contribution is -2.43. The van der Waals surface area contributed by atoms with E-state index in [-0.39, 0.29) is 10.8 Å². The van der Waals surface area contributed by atoms with Crippen LogP contribution in [0.4, 0.5) is 5.69 Å². The maximum atomic E-state index is 4.64. The Morgan fingerprint density at radius 1 is 0.963 bits per heavy atom. The van der Waals surface area contributed by atoms with Gasteiger partial charge in [-0.05, 0) is 67.0 Å². The van der Waals surface area contributed by atoms with Gasteiger partial charge in [-0.1, -0.05) is 68.2 Å². The number of aliphatic imine (C=N–C) groups is 1. The molecule has 0 aromatic heterocycles. The number of hydrogen-bond acceptors (Lipinski definition) is 2. The standard InChI is InChI=1S/C25H23NS/c1-18(2)23-16-24(3,4)25(23,5)15-14-19-6-8-20(9-7-19)21-10-12-22(13-11-21)26-17-27/h6-13,16H,1H2,2-5H3/t25-/m1/s1. The molecule has 1 aliphatic rings. The van der Waals surface area contributed by atoms with Crippen molar-refractivity contribution in [2.45, 2.75) is 27.7 Å². The normalized spacial score (nSPS) is 19.6. The second-order valence-electron chi connectivity index (χ2n) is 7.76. The summed E-state index contributed by atoms with van der Waals surface area (Å²) in [6.45, 7) is 12.8. The van der Waals surface area contributed by atoms with Gasteiger partial charge in [-0.3, -0.25) is 0 Å². The Bertz CT molecular complexity index is 1020. The molecule has 0 spiro atoms. The molecule has 0 radical (unpaired) electrons. The molecule has 0 N–H and O–H groups in total. The molecule has 0 heterocycles. The van der Waals surface area contributed by atoms with Gasteiger partial charge in [0.15, 0.2) is 0 Å². The molecule has 0 unspecified atom stereocenters. The molecule has 0 saturated carbocycles. The summed E-state index contributed by atoms with van der Waals surface area (Å²) in [5, 5.41) is 2.39. The third-order valence-corrected chi connectivity index (χ3v) is 5.60. The second kappa shape index (κ2) is 7.12. The number of hydrogen-bond donors (Lipinski definition) is 0. The van der Waals surface area contributed by atoms with Gasteiger partial charge in [0.1, 0.15) is 0 Å². The van der Waals surface area contributed by atoms with Crippen LogP contribution < -0.4 is 0 Å². The highest BCUT2D eigenvalue weighted by molar-refractivity contribution is 7.78. The van der Waals surface area contributed by atoms with Gasteiger partial charge in [-0.25, -0.2) is 0 Å². The van der Waals surface area contributed by atoms with Crippen LogP contribution in [0.15, 0.2) is 77.3 Å². The molecule has 2 heteroatoms. The Kier molecular flexibility index (Phi) is 5.03. The van der Waals surface area contributed by atoms with Gasteiger partial charge in [0, 0.05) is 11.0 Å². The van der Waals surface area contributed by atoms with Crippen molar-refractivity contribution in [2.75, 3.05) is 0 Å². The number of thiocarbonyl (C=S) groups is 1. The van der Waals surface area contributed by atoms with Gasteiger partial charge in [-0.2, -0.15) is 4.99 Å². The minimum Gasteiger partial charge on any atom is -0.195 e. The van der Waals surface area contributed by atoms with E-state index in [9.17, 15) is 0 Å². The first-order valence-electron chi connectivity index (χ1n) is 8.97. The van der Waals surface area contributed by atoms with Crippen LogP contribution in [-0.2, 0) is 0 Å². The van der Waals surface area contributed by atoms with E-state index in [1.165, 1.54) is 5.57 Å². The first kappa shape index (κ1) is 19.1. The van der Waals surface area contributed by atoms with Crippen LogP contribution in [0.25, 0.3) is 11.1 Å². The zero-order valence-corrected chi connectivity index (χ0v) is 17.1. The Morgan fingerprint density at radius 3 is 2.00 bits per heavy atom. The van der Waals surface area contributed by atoms with Gasteiger partial charge in [-0.15, -0.1) is 0 Å². The monoisotopic (exact) mass is 369 g/mol. The maximum Gasteiger partial charge on any atom is 0.0739 e. The molecule has 0 fully saturated rings. The Hall–Kier alpha value is -2.72. The molecule has 0 amide bonds. The quantitative estimate of drug-likeness (QED) is 0.323. The Labute approximate surface area is 167 Å². The molecule has 1 nitrogen and oxygen atoms in total. The van der Waals surface area contributed by atoms with E-state index in [1.54, 1.807) is 0 Å². The summed E-state index contributed by atoms with van der Waals surface area (Å²) in [5.41, 5.74) is 6.38. The van der Waals surface area contributed by atoms with Crippen molar-refractivity contribution in [1.29, 1.82) is 0 Å². The summed E-state index contributed by atoms with van der Waals surface area (Å²) in [6.07, 6.45) is 2.28. The molecule has 1 aliphatic carbocycles. The number of rotatable bonds is 3. The molecular weight excluding hydrogens is 346 g/mol. The fraction of sp³-hybridized carbons (Fsp3) is 0.240. The van der Waals surface area contributed by atoms with Gasteiger partial charge >= 0.3 is 0 Å². The minimum atomic E-state index is -0.157. The van der Waals surface area contributed by atoms with Gasteiger partial charge < -0.3 is 0 Å². The molecule has 134 valence electrons. The molecule has 0 bridgehead atoms. The van der Waals surface area contributed by atoms with Crippen LogP contribution in [0.5, 0.6) is 0 Å². The van der Waals surface area contributed by atoms with Crippen LogP contribution in [0.1, 0.15) is 33.3 Å². The highest BCUT2D eigenvalue weighted by Gasteiger charge is 2.49. The zero-order chi connectivity index (χ0) is 19.7. The minimum absolute atomic E-state index is 0.0565. The van der Waals surface area contributed by atoms with Crippen molar-refractivity contribution in [1.82, 2.24) is 0 Å². The van der Waals surface area contributed by atoms with Crippen molar-refractivity contribution in [3.05, 3.63) is 77.9 Å². The van der Waals surface area contributed by atoms with Crippen LogP contribution >= 0.6 is 12.2 Å². The van der Waals surface area contributed by atoms with E-state index in [0.29, 0.717) is 0 Å². The fourth-order valence-corrected chi connectivity index (χ4v) is 3.53. The number of benzene rings is 2. The zero-order valence-electron chi connectivity index (χ0n) is 16.3. The van der Waals surface area contributed by atoms with E-state index in [0.717, 1.165) is 28.0 Å². The van der Waals surface area contributed by atoms with Crippen molar-refractivity contribution in [3.63, 3.8) is 0 Å². The molecule has 0 aliphatic heterocycles. The fourth-order valence-electron chi connectivity index (χ4n) is 3.42. The van der Waals surface area contributed by atoms with E-state index in [1.807, 2.05) is 24.3 Å². The van der Waals surface area contributed by atoms with Gasteiger partial charge in [0.2, 0.25) is 0 Å². The molecule has 0 saturated heterocycles. The summed E-state index contributed by atoms with van der Waals surface area (Å²) in [5.74, 6) is 6.87. The number of isothiocyanates is 1. The predicted molar refractivity (Wildman–Crippen MR) is 118 cm³/mol. The molecular formula is C25H23NS. The lowest BCUT2D eigenvalue weighted by atomic mass is 9.52. The Morgan fingerprint density at radius 2 is 1.52 bits per heavy atom. The van der Waals surface area contributed by atoms with E-state index >= 15 is 0 Å². The number of nitrogens with zero attached hydrogens (tertiary/aromatic N) is 1. The lowest BCUT2D eigenvalue weighted by Gasteiger charge is -2.50. The van der Waals surface area contributed by atoms with Crippen molar-refractivity contribution in [2.24, 2.45) is 15.8 Å². The lowest BCUT2D eigenvalue weighted by molar-refractivity contribution is 0.219. The topological polar surface area (TPSA) is 12.4 Å². The van der Waals surface area contributed by atoms with E-state index < -0.39 is 0 Å². The highest BCUT2D eigenvalue weighted by Crippen LogP contribution is 2.56. The molecule has 27 heavy (non-hydrogen) atoms. The smallest absolute Gasteiger partial charge is 0.0739 e. The van der Waals surface area contributed by atoms with Crippen molar-refractivity contribution < 1.29 is 0 Å². The molecule has 3 rings (SSSR count). The molecule has 1 atom stereocenters. The van der Waals surface area contributed by atoms with Crippen LogP contribution in [0.2, 0.25) is 0 Å². The van der Waals surface area contributed by atoms with E-state index in [2.05, 4.69) is 98.8 Å². The average Bonchev–Trinajstić information content (AvgIpc) is 2.65. The summed E-state index contributed by atoms with van der Waals surface area (Å²) < 4.78 is 0. The average molecular weight is 370 g/mol. The van der Waals surface area contributed by atoms with Crippen LogP contribution in [0.3, 0.4) is 0 Å². The number of allylic oxidation sites excluding steroid dienone is 3. The largest absolute Gasteiger partial charge is 0.195 e. The summed E-state index contributed by atoms with van der Waals surface area (Å²) in [4.78, 5) is 3.98. The first-order valence-corrected chi connectivity index (χ1v) is 9.38. The van der Waals surface area contributed by atoms with Crippen molar-refractivity contribution >= 4 is 23.1 Å². The molecule has 2 aromatic carbocycles. The van der Waals surface area contributed by atoms with E-state index in [4.69, 9.17) is 0 Å². The second-order valence-corrected chi connectivity index (χ2v) is 7.94. The van der Waals surface area contributed by atoms with Crippen LogP contribution in [0, 0.1) is 22.7 Å². The summed E-state index contributed by atoms with van der Waals surface area (Å²) in [7, 11) is 0.